The number of nitrogens with zero attached hydrogens (tertiary/aromatic N) is 3. The summed E-state index contributed by atoms with van der Waals surface area (Å²) in [5.41, 5.74) is 24.3. The molecule has 32 heteroatoms. The number of fused-ring (bicyclic) bond motifs is 28. The lowest BCUT2D eigenvalue weighted by molar-refractivity contribution is -0.159. The number of carbonyl (C=O) groups is 13. The number of aliphatic imine (C=N–C) groups is 1. The number of amides is 11. The lowest BCUT2D eigenvalue weighted by atomic mass is 10.00. The number of benzene rings is 2. The number of guanidine groups is 1. The monoisotopic (exact) mass is 1300 g/mol. The Bertz CT molecular complexity index is 3200. The minimum Gasteiger partial charge on any atom is -0.481 e. The van der Waals surface area contributed by atoms with Crippen LogP contribution in [0, 0.1) is 11.8 Å². The third kappa shape index (κ3) is 21.2. The van der Waals surface area contributed by atoms with Gasteiger partial charge in [-0.25, -0.2) is 0 Å². The van der Waals surface area contributed by atoms with Crippen LogP contribution in [0.15, 0.2) is 65.8 Å². The average Bonchev–Trinajstić information content (AvgIpc) is 1.24. The minimum absolute atomic E-state index is 0.00225. The van der Waals surface area contributed by atoms with Gasteiger partial charge in [-0.15, -0.1) is 11.8 Å². The predicted molar refractivity (Wildman–Crippen MR) is 337 cm³/mol. The number of carboxylic acids is 1. The van der Waals surface area contributed by atoms with Crippen molar-refractivity contribution in [1.82, 2.24) is 57.3 Å². The van der Waals surface area contributed by atoms with Gasteiger partial charge in [-0.3, -0.25) is 67.3 Å². The van der Waals surface area contributed by atoms with Gasteiger partial charge in [-0.05, 0) is 61.1 Å². The van der Waals surface area contributed by atoms with Crippen molar-refractivity contribution in [1.29, 1.82) is 0 Å². The second-order valence-corrected chi connectivity index (χ2v) is 25.5. The van der Waals surface area contributed by atoms with E-state index >= 15 is 0 Å². The Morgan fingerprint density at radius 3 is 1.87 bits per heavy atom. The summed E-state index contributed by atoms with van der Waals surface area (Å²) >= 11 is 1.62. The van der Waals surface area contributed by atoms with Crippen LogP contribution >= 0.6 is 23.5 Å². The second kappa shape index (κ2) is 33.9. The number of hydrogen-bond acceptors (Lipinski definition) is 17. The highest BCUT2D eigenvalue weighted by Crippen LogP contribution is 2.33. The second-order valence-electron chi connectivity index (χ2n) is 23.3. The van der Waals surface area contributed by atoms with Gasteiger partial charge in [0, 0.05) is 54.4 Å². The topological polar surface area (TPSA) is 477 Å². The first kappa shape index (κ1) is 71.3. The molecule has 0 spiro atoms. The van der Waals surface area contributed by atoms with Crippen LogP contribution in [0.3, 0.4) is 0 Å². The minimum atomic E-state index is -1.71. The molecule has 4 aliphatic heterocycles. The molecule has 18 N–H and O–H groups in total. The molecule has 91 heavy (non-hydrogen) atoms. The highest BCUT2D eigenvalue weighted by atomic mass is 32.2. The number of carbonyl (C=O) groups excluding carboxylic acids is 12. The molecule has 3 aromatic rings. The van der Waals surface area contributed by atoms with Crippen molar-refractivity contribution in [2.75, 3.05) is 37.7 Å². The zero-order chi connectivity index (χ0) is 66.6. The van der Waals surface area contributed by atoms with Gasteiger partial charge < -0.3 is 85.4 Å². The molecule has 2 unspecified atom stereocenters. The third-order valence-electron chi connectivity index (χ3n) is 15.1. The normalized spacial score (nSPS) is 24.8. The van der Waals surface area contributed by atoms with Crippen LogP contribution in [0.5, 0.6) is 0 Å². The van der Waals surface area contributed by atoms with Gasteiger partial charge in [0.05, 0.1) is 37.5 Å². The number of hydrogen-bond donors (Lipinski definition) is 14. The Morgan fingerprint density at radius 1 is 0.659 bits per heavy atom. The fourth-order valence-electron chi connectivity index (χ4n) is 10.7. The van der Waals surface area contributed by atoms with Gasteiger partial charge >= 0.3 is 5.97 Å². The van der Waals surface area contributed by atoms with E-state index in [2.05, 4.69) is 52.5 Å². The van der Waals surface area contributed by atoms with Crippen LogP contribution in [0.25, 0.3) is 10.9 Å². The number of aromatic nitrogens is 1. The van der Waals surface area contributed by atoms with Gasteiger partial charge in [0.1, 0.15) is 48.3 Å². The summed E-state index contributed by atoms with van der Waals surface area (Å²) in [6.45, 7) is 5.38. The number of Topliss-reactive ketones (excluding diaryl/α,β-unsaturated/α-hetero) is 1. The summed E-state index contributed by atoms with van der Waals surface area (Å²) in [5.74, 6) is -12.5. The molecular weight excluding hydrogens is 1220 g/mol. The van der Waals surface area contributed by atoms with Crippen molar-refractivity contribution < 1.29 is 67.4 Å². The number of aliphatic carboxylic acids is 1. The fraction of sp³-hybridized carbons (Fsp3) is 0.525. The number of para-hydroxylation sites is 1. The molecule has 2 aromatic carbocycles. The van der Waals surface area contributed by atoms with Crippen molar-refractivity contribution in [3.63, 3.8) is 0 Å². The summed E-state index contributed by atoms with van der Waals surface area (Å²) in [7, 11) is 0. The first-order valence-corrected chi connectivity index (χ1v) is 31.9. The number of nitrogens with two attached hydrogens (primary N) is 4. The average molecular weight is 1300 g/mol. The molecule has 4 fully saturated rings. The first-order chi connectivity index (χ1) is 43.2. The highest BCUT2D eigenvalue weighted by molar-refractivity contribution is 8.13. The summed E-state index contributed by atoms with van der Waals surface area (Å²) in [5, 5.41) is 30.3. The SMILES string of the molecule is CC(C)C[C@@H]1NC(=O)SCC(C(=O)CN)NC(=O)[C@H](CC(C)C)NC(=O)[C@@H](Cc2ccccc2)NC(=O)[C@H](CCCN=C(N)N)NC(=O)[C@H](CCC(N)=O)NC(=O)CN2CC3SC[C@H](NC(=O)[C@H](Cc4c[nH]c5ccccc45)NC1=O)C(=O)N3[C@@H](CC(=O)O)C2=O. The van der Waals surface area contributed by atoms with Gasteiger partial charge in [0.15, 0.2) is 11.7 Å². The van der Waals surface area contributed by atoms with Gasteiger partial charge in [0.25, 0.3) is 5.24 Å². The number of rotatable bonds is 19. The fourth-order valence-corrected chi connectivity index (χ4v) is 12.8. The van der Waals surface area contributed by atoms with E-state index in [4.69, 9.17) is 22.9 Å². The van der Waals surface area contributed by atoms with Crippen LogP contribution < -0.4 is 65.5 Å². The number of primary amides is 1. The Hall–Kier alpha value is -8.78. The maximum absolute atomic E-state index is 14.7. The number of nitrogens with one attached hydrogen (secondary N) is 9. The summed E-state index contributed by atoms with van der Waals surface area (Å²) in [4.78, 5) is 192. The highest BCUT2D eigenvalue weighted by Gasteiger charge is 2.50. The van der Waals surface area contributed by atoms with Crippen molar-refractivity contribution in [3.05, 3.63) is 71.9 Å². The molecule has 30 nitrogen and oxygen atoms in total. The lowest BCUT2D eigenvalue weighted by Gasteiger charge is -2.49. The predicted octanol–water partition coefficient (Wildman–Crippen LogP) is -2.30. The first-order valence-electron chi connectivity index (χ1n) is 29.9. The van der Waals surface area contributed by atoms with Crippen molar-refractivity contribution >= 4 is 116 Å². The van der Waals surface area contributed by atoms with Crippen LogP contribution in [-0.2, 0) is 70.4 Å². The Morgan fingerprint density at radius 2 is 1.23 bits per heavy atom. The van der Waals surface area contributed by atoms with Crippen molar-refractivity contribution in [2.24, 2.45) is 39.8 Å². The number of thioether (sulfide) groups is 2. The maximum atomic E-state index is 14.7. The number of ketones is 1. The van der Waals surface area contributed by atoms with E-state index in [9.17, 15) is 67.4 Å². The van der Waals surface area contributed by atoms with Gasteiger partial charge in [-0.1, -0.05) is 88.0 Å². The van der Waals surface area contributed by atoms with E-state index in [0.717, 1.165) is 21.6 Å². The molecule has 0 radical (unpaired) electrons. The van der Waals surface area contributed by atoms with E-state index in [1.54, 1.807) is 88.5 Å². The van der Waals surface area contributed by atoms with Crippen LogP contribution in [0.4, 0.5) is 4.79 Å². The van der Waals surface area contributed by atoms with Gasteiger partial charge in [0.2, 0.25) is 59.1 Å². The van der Waals surface area contributed by atoms with Crippen LogP contribution in [-0.4, -0.2) is 199 Å². The lowest BCUT2D eigenvalue weighted by Crippen LogP contribution is -2.69. The van der Waals surface area contributed by atoms with E-state index in [-0.39, 0.29) is 75.2 Å². The van der Waals surface area contributed by atoms with Crippen LogP contribution in [0.2, 0.25) is 0 Å². The largest absolute Gasteiger partial charge is 0.481 e. The van der Waals surface area contributed by atoms with Gasteiger partial charge in [-0.2, -0.15) is 0 Å². The standard InChI is InChI=1S/C59H82N16O14S2/c1-30(2)19-38-52(83)71-42(45(76)24-60)28-91-59(89)73-39(20-31(3)4)53(84)70-41(22-33-25-65-35-14-9-8-13-34(33)35)55(86)72-43-29-90-48-27-74(57(88)44(23-49(79)80)75(48)56(43)87)26-47(78)66-37(16-17-46(61)77)51(82)67-36(15-10-18-64-58(62)63)50(81)69-40(54(85)68-38)21-32-11-6-5-7-12-32/h5-9,11-14,25,30-31,36-44,48,65H,10,15-24,26-29,60H2,1-4H3,(H2,61,77)(H,66,78)(H,67,82)(H,68,85)(H,69,81)(H,70,84)(H,71,83)(H,72,86)(H,73,89)(H,79,80)(H4,62,63,64)/t36-,37-,38-,39-,40+,41-,42?,43-,44-,48?/m0/s1. The molecule has 4 bridgehead atoms. The Balaban J connectivity index is 1.40. The van der Waals surface area contributed by atoms with Crippen LogP contribution in [0.1, 0.15) is 83.8 Å². The molecule has 494 valence electrons. The molecule has 0 saturated carbocycles. The molecule has 1 aromatic heterocycles. The zero-order valence-corrected chi connectivity index (χ0v) is 52.7. The van der Waals surface area contributed by atoms with E-state index in [0.29, 0.717) is 33.8 Å². The summed E-state index contributed by atoms with van der Waals surface area (Å²) < 4.78 is 0. The molecule has 11 amide bonds. The van der Waals surface area contributed by atoms with E-state index in [1.807, 2.05) is 0 Å². The molecule has 4 aliphatic rings. The Labute approximate surface area is 533 Å². The maximum Gasteiger partial charge on any atom is 0.305 e. The molecule has 0 aliphatic carbocycles. The summed E-state index contributed by atoms with van der Waals surface area (Å²) in [6.07, 6.45) is -0.564. The number of carboxylic acid groups (broad SMARTS) is 1. The zero-order valence-electron chi connectivity index (χ0n) is 51.0. The Kier molecular flexibility index (Phi) is 26.5. The number of H-pyrrole nitrogens is 1. The molecule has 7 rings (SSSR count). The van der Waals surface area contributed by atoms with E-state index < -0.39 is 174 Å². The van der Waals surface area contributed by atoms with Crippen molar-refractivity contribution in [3.8, 4) is 0 Å². The third-order valence-corrected chi connectivity index (χ3v) is 17.3. The molecule has 4 saturated heterocycles. The smallest absolute Gasteiger partial charge is 0.305 e. The molecular formula is C59H82N16O14S2. The molecule has 5 heterocycles. The quantitative estimate of drug-likeness (QED) is 0.0260. The molecule has 10 atom stereocenters. The van der Waals surface area contributed by atoms with Crippen molar-refractivity contribution in [2.45, 2.75) is 145 Å². The van der Waals surface area contributed by atoms with E-state index in [1.165, 1.54) is 0 Å². The number of aromatic amines is 1. The number of piperazine rings is 1. The summed E-state index contributed by atoms with van der Waals surface area (Å²) in [6, 6.07) is 2.45.